The monoisotopic (exact) mass is 334 g/mol. The smallest absolute Gasteiger partial charge is 0.248 e. The largest absolute Gasteiger partial charge is 0.386 e. The third-order valence-corrected chi connectivity index (χ3v) is 4.00. The Morgan fingerprint density at radius 1 is 1.38 bits per heavy atom. The molecule has 0 saturated carbocycles. The van der Waals surface area contributed by atoms with Crippen LogP contribution >= 0.6 is 0 Å². The molecule has 0 bridgehead atoms. The summed E-state index contributed by atoms with van der Waals surface area (Å²) in [5, 5.41) is 13.3. The summed E-state index contributed by atoms with van der Waals surface area (Å²) in [4.78, 5) is 25.1. The number of hydrogen-bond donors (Lipinski definition) is 2. The molecule has 1 heterocycles. The number of aliphatic hydroxyl groups is 1. The molecule has 132 valence electrons. The maximum atomic E-state index is 12.0. The Morgan fingerprint density at radius 3 is 2.58 bits per heavy atom. The quantitative estimate of drug-likeness (QED) is 0.882. The van der Waals surface area contributed by atoms with Crippen LogP contribution in [0.2, 0.25) is 0 Å². The second kappa shape index (κ2) is 7.32. The lowest BCUT2D eigenvalue weighted by Crippen LogP contribution is -2.49. The number of amides is 2. The van der Waals surface area contributed by atoms with E-state index in [1.807, 2.05) is 20.8 Å². The second-order valence-electron chi connectivity index (χ2n) is 7.44. The van der Waals surface area contributed by atoms with E-state index in [0.29, 0.717) is 24.3 Å². The molecular weight excluding hydrogens is 308 g/mol. The van der Waals surface area contributed by atoms with Gasteiger partial charge in [0.25, 0.3) is 0 Å². The van der Waals surface area contributed by atoms with Gasteiger partial charge in [-0.05, 0) is 23.1 Å². The van der Waals surface area contributed by atoms with E-state index in [1.54, 1.807) is 31.3 Å². The molecular formula is C18H26N2O4. The van der Waals surface area contributed by atoms with Gasteiger partial charge in [0.2, 0.25) is 11.8 Å². The maximum absolute atomic E-state index is 12.0. The van der Waals surface area contributed by atoms with Crippen LogP contribution in [0.3, 0.4) is 0 Å². The van der Waals surface area contributed by atoms with Crippen molar-refractivity contribution in [2.24, 2.45) is 5.41 Å². The van der Waals surface area contributed by atoms with E-state index < -0.39 is 12.1 Å². The lowest BCUT2D eigenvalue weighted by Gasteiger charge is -2.35. The van der Waals surface area contributed by atoms with Gasteiger partial charge in [0.05, 0.1) is 12.6 Å². The molecule has 0 aromatic heterocycles. The number of nitrogens with zero attached hydrogens (tertiary/aromatic N) is 1. The van der Waals surface area contributed by atoms with Crippen LogP contribution in [0.1, 0.15) is 38.9 Å². The minimum atomic E-state index is -0.835. The van der Waals surface area contributed by atoms with E-state index in [9.17, 15) is 14.7 Å². The van der Waals surface area contributed by atoms with Gasteiger partial charge in [-0.1, -0.05) is 32.9 Å². The van der Waals surface area contributed by atoms with Gasteiger partial charge in [-0.2, -0.15) is 0 Å². The Morgan fingerprint density at radius 2 is 2.00 bits per heavy atom. The van der Waals surface area contributed by atoms with E-state index in [4.69, 9.17) is 4.74 Å². The molecule has 0 unspecified atom stereocenters. The van der Waals surface area contributed by atoms with Crippen LogP contribution in [0.15, 0.2) is 24.3 Å². The van der Waals surface area contributed by atoms with Crippen molar-refractivity contribution in [1.29, 1.82) is 0 Å². The topological polar surface area (TPSA) is 78.9 Å². The van der Waals surface area contributed by atoms with E-state index >= 15 is 0 Å². The fourth-order valence-corrected chi connectivity index (χ4v) is 2.64. The zero-order chi connectivity index (χ0) is 17.9. The molecule has 1 aliphatic rings. The van der Waals surface area contributed by atoms with Gasteiger partial charge < -0.3 is 20.1 Å². The number of likely N-dealkylation sites (N-methyl/N-ethyl adjacent to an activating group) is 1. The van der Waals surface area contributed by atoms with E-state index in [2.05, 4.69) is 5.32 Å². The maximum Gasteiger partial charge on any atom is 0.248 e. The van der Waals surface area contributed by atoms with Crippen LogP contribution < -0.4 is 5.32 Å². The summed E-state index contributed by atoms with van der Waals surface area (Å²) >= 11 is 0. The van der Waals surface area contributed by atoms with Gasteiger partial charge in [0.1, 0.15) is 12.7 Å². The van der Waals surface area contributed by atoms with E-state index in [0.717, 1.165) is 0 Å². The molecule has 2 amide bonds. The van der Waals surface area contributed by atoms with Crippen LogP contribution in [0.25, 0.3) is 0 Å². The summed E-state index contributed by atoms with van der Waals surface area (Å²) in [6.07, 6.45) is -0.400. The molecule has 1 saturated heterocycles. The van der Waals surface area contributed by atoms with Crippen molar-refractivity contribution in [3.8, 4) is 0 Å². The summed E-state index contributed by atoms with van der Waals surface area (Å²) in [5.41, 5.74) is 1.29. The Labute approximate surface area is 142 Å². The zero-order valence-corrected chi connectivity index (χ0v) is 14.7. The summed E-state index contributed by atoms with van der Waals surface area (Å²) in [6.45, 7) is 6.38. The van der Waals surface area contributed by atoms with Gasteiger partial charge in [-0.25, -0.2) is 0 Å². The summed E-state index contributed by atoms with van der Waals surface area (Å²) in [7, 11) is 1.67. The molecule has 6 nitrogen and oxygen atoms in total. The Hall–Kier alpha value is -1.92. The fourth-order valence-electron chi connectivity index (χ4n) is 2.64. The first-order valence-electron chi connectivity index (χ1n) is 8.09. The van der Waals surface area contributed by atoms with Crippen molar-refractivity contribution in [3.05, 3.63) is 29.8 Å². The van der Waals surface area contributed by atoms with Crippen LogP contribution in [0.5, 0.6) is 0 Å². The second-order valence-corrected chi connectivity index (χ2v) is 7.44. The highest BCUT2D eigenvalue weighted by atomic mass is 16.5. The number of anilines is 1. The van der Waals surface area contributed by atoms with Crippen molar-refractivity contribution in [1.82, 2.24) is 4.90 Å². The molecule has 1 aliphatic heterocycles. The number of ether oxygens (including phenoxy) is 1. The van der Waals surface area contributed by atoms with Crippen molar-refractivity contribution < 1.29 is 19.4 Å². The highest BCUT2D eigenvalue weighted by Gasteiger charge is 2.32. The average Bonchev–Trinajstić information content (AvgIpc) is 2.48. The highest BCUT2D eigenvalue weighted by molar-refractivity contribution is 5.91. The fraction of sp³-hybridized carbons (Fsp3) is 0.556. The van der Waals surface area contributed by atoms with Crippen LogP contribution in [0.4, 0.5) is 5.69 Å². The van der Waals surface area contributed by atoms with Crippen molar-refractivity contribution in [3.63, 3.8) is 0 Å². The number of hydrogen-bond acceptors (Lipinski definition) is 4. The minimum Gasteiger partial charge on any atom is -0.386 e. The molecule has 2 rings (SSSR count). The summed E-state index contributed by atoms with van der Waals surface area (Å²) in [6, 6.07) is 6.61. The van der Waals surface area contributed by atoms with Crippen LogP contribution in [0, 0.1) is 5.41 Å². The molecule has 0 spiro atoms. The molecule has 2 N–H and O–H groups in total. The van der Waals surface area contributed by atoms with Gasteiger partial charge in [0, 0.05) is 19.2 Å². The molecule has 6 heteroatoms. The number of rotatable bonds is 4. The zero-order valence-electron chi connectivity index (χ0n) is 14.7. The lowest BCUT2D eigenvalue weighted by molar-refractivity contribution is -0.151. The molecule has 1 fully saturated rings. The molecule has 1 aromatic rings. The molecule has 1 aromatic carbocycles. The predicted octanol–water partition coefficient (Wildman–Crippen LogP) is 1.95. The molecule has 24 heavy (non-hydrogen) atoms. The van der Waals surface area contributed by atoms with Crippen molar-refractivity contribution in [2.75, 3.05) is 25.6 Å². The number of carbonyl (C=O) groups is 2. The Bertz CT molecular complexity index is 592. The number of aliphatic hydroxyl groups excluding tert-OH is 1. The SMILES string of the molecule is CN1C(=O)COC[C@@H]1[C@H](O)c1ccc(NC(=O)CC(C)(C)C)cc1. The lowest BCUT2D eigenvalue weighted by atomic mass is 9.92. The molecule has 0 radical (unpaired) electrons. The van der Waals surface area contributed by atoms with Crippen LogP contribution in [-0.2, 0) is 14.3 Å². The van der Waals surface area contributed by atoms with Gasteiger partial charge in [-0.15, -0.1) is 0 Å². The first-order valence-corrected chi connectivity index (χ1v) is 8.09. The first kappa shape index (κ1) is 18.4. The van der Waals surface area contributed by atoms with Crippen molar-refractivity contribution >= 4 is 17.5 Å². The number of morpholine rings is 1. The number of carbonyl (C=O) groups excluding carboxylic acids is 2. The third-order valence-electron chi connectivity index (χ3n) is 4.00. The highest BCUT2D eigenvalue weighted by Crippen LogP contribution is 2.25. The van der Waals surface area contributed by atoms with Gasteiger partial charge in [0.15, 0.2) is 0 Å². The number of nitrogens with one attached hydrogen (secondary N) is 1. The molecule has 2 atom stereocenters. The first-order chi connectivity index (χ1) is 11.2. The predicted molar refractivity (Wildman–Crippen MR) is 91.5 cm³/mol. The normalized spacial score (nSPS) is 20.0. The standard InChI is InChI=1S/C18H26N2O4/c1-18(2,3)9-15(21)19-13-7-5-12(6-8-13)17(23)14-10-24-11-16(22)20(14)4/h5-8,14,17,23H,9-11H2,1-4H3,(H,19,21)/t14-,17-/m1/s1. The third kappa shape index (κ3) is 4.79. The van der Waals surface area contributed by atoms with E-state index in [1.165, 1.54) is 4.90 Å². The minimum absolute atomic E-state index is 0.0400. The number of benzene rings is 1. The molecule has 0 aliphatic carbocycles. The average molecular weight is 334 g/mol. The van der Waals surface area contributed by atoms with Crippen LogP contribution in [-0.4, -0.2) is 48.1 Å². The summed E-state index contributed by atoms with van der Waals surface area (Å²) in [5.74, 6) is -0.182. The van der Waals surface area contributed by atoms with Gasteiger partial charge in [-0.3, -0.25) is 9.59 Å². The van der Waals surface area contributed by atoms with Gasteiger partial charge >= 0.3 is 0 Å². The Balaban J connectivity index is 2.01. The van der Waals surface area contributed by atoms with E-state index in [-0.39, 0.29) is 23.8 Å². The Kier molecular flexibility index (Phi) is 5.62. The summed E-state index contributed by atoms with van der Waals surface area (Å²) < 4.78 is 5.22. The van der Waals surface area contributed by atoms with Crippen molar-refractivity contribution in [2.45, 2.75) is 39.3 Å².